The van der Waals surface area contributed by atoms with Crippen molar-refractivity contribution in [1.82, 2.24) is 0 Å². The fraction of sp³-hybridized carbons (Fsp3) is 0.269. The number of carbonyl (C=O) groups excluding carboxylic acids is 1. The molecule has 0 atom stereocenters. The highest BCUT2D eigenvalue weighted by Crippen LogP contribution is 2.37. The van der Waals surface area contributed by atoms with Crippen LogP contribution in [-0.4, -0.2) is 27.6 Å². The van der Waals surface area contributed by atoms with E-state index in [9.17, 15) is 13.2 Å². The molecule has 0 aliphatic heterocycles. The van der Waals surface area contributed by atoms with E-state index in [-0.39, 0.29) is 30.3 Å². The summed E-state index contributed by atoms with van der Waals surface area (Å²) in [6.45, 7) is 4.24. The largest absolute Gasteiger partial charge is 0.490 e. The van der Waals surface area contributed by atoms with E-state index in [0.29, 0.717) is 30.1 Å². The van der Waals surface area contributed by atoms with Crippen molar-refractivity contribution in [2.75, 3.05) is 13.2 Å². The summed E-state index contributed by atoms with van der Waals surface area (Å²) < 4.78 is 47.0. The van der Waals surface area contributed by atoms with Gasteiger partial charge in [-0.2, -0.15) is 8.42 Å². The van der Waals surface area contributed by atoms with Crippen LogP contribution >= 0.6 is 0 Å². The molecule has 34 heavy (non-hydrogen) atoms. The molecule has 180 valence electrons. The van der Waals surface area contributed by atoms with Crippen molar-refractivity contribution in [3.05, 3.63) is 83.9 Å². The Balaban J connectivity index is 1.64. The summed E-state index contributed by atoms with van der Waals surface area (Å²) in [5.74, 6) is 0.714. The molecule has 3 rings (SSSR count). The fourth-order valence-corrected chi connectivity index (χ4v) is 4.21. The minimum absolute atomic E-state index is 0.212. The van der Waals surface area contributed by atoms with E-state index in [1.165, 1.54) is 0 Å². The average molecular weight is 485 g/mol. The SMILES string of the molecule is CCOc1cccc(OCCc2cccc(OS(=O)(=O)Cc3ccccc3)c2)c1OC(=O)CC. The van der Waals surface area contributed by atoms with E-state index in [0.717, 1.165) is 5.56 Å². The topological polar surface area (TPSA) is 88.1 Å². The Morgan fingerprint density at radius 3 is 2.21 bits per heavy atom. The van der Waals surface area contributed by atoms with Crippen molar-refractivity contribution >= 4 is 16.1 Å². The van der Waals surface area contributed by atoms with Gasteiger partial charge in [-0.05, 0) is 42.3 Å². The molecule has 0 spiro atoms. The lowest BCUT2D eigenvalue weighted by Crippen LogP contribution is -2.12. The van der Waals surface area contributed by atoms with E-state index in [1.807, 2.05) is 19.1 Å². The van der Waals surface area contributed by atoms with Crippen LogP contribution in [-0.2, 0) is 27.1 Å². The van der Waals surface area contributed by atoms with Crippen molar-refractivity contribution in [3.63, 3.8) is 0 Å². The molecule has 0 amide bonds. The molecular weight excluding hydrogens is 456 g/mol. The lowest BCUT2D eigenvalue weighted by atomic mass is 10.1. The zero-order valence-electron chi connectivity index (χ0n) is 19.2. The number of ether oxygens (including phenoxy) is 3. The minimum atomic E-state index is -3.79. The third-order valence-electron chi connectivity index (χ3n) is 4.70. The van der Waals surface area contributed by atoms with Crippen LogP contribution in [0.2, 0.25) is 0 Å². The molecule has 0 unspecified atom stereocenters. The third-order valence-corrected chi connectivity index (χ3v) is 5.84. The molecule has 0 fully saturated rings. The predicted molar refractivity (Wildman–Crippen MR) is 129 cm³/mol. The molecular formula is C26H28O7S. The van der Waals surface area contributed by atoms with E-state index in [2.05, 4.69) is 0 Å². The molecule has 0 aromatic heterocycles. The molecule has 3 aromatic rings. The smallest absolute Gasteiger partial charge is 0.313 e. The van der Waals surface area contributed by atoms with Crippen molar-refractivity contribution in [3.8, 4) is 23.0 Å². The fourth-order valence-electron chi connectivity index (χ4n) is 3.15. The molecule has 0 aliphatic rings. The summed E-state index contributed by atoms with van der Waals surface area (Å²) in [5, 5.41) is 0. The Kier molecular flexibility index (Phi) is 8.93. The summed E-state index contributed by atoms with van der Waals surface area (Å²) in [4.78, 5) is 11.9. The molecule has 0 heterocycles. The van der Waals surface area contributed by atoms with Crippen LogP contribution in [0.5, 0.6) is 23.0 Å². The second kappa shape index (κ2) is 12.1. The van der Waals surface area contributed by atoms with Gasteiger partial charge in [0.2, 0.25) is 5.75 Å². The maximum Gasteiger partial charge on any atom is 0.313 e. The zero-order chi connectivity index (χ0) is 24.4. The Labute approximate surface area is 200 Å². The van der Waals surface area contributed by atoms with Crippen LogP contribution in [0.15, 0.2) is 72.8 Å². The van der Waals surface area contributed by atoms with E-state index in [4.69, 9.17) is 18.4 Å². The second-order valence-corrected chi connectivity index (χ2v) is 8.93. The Hall–Kier alpha value is -3.52. The summed E-state index contributed by atoms with van der Waals surface area (Å²) in [6, 6.07) is 20.9. The van der Waals surface area contributed by atoms with Gasteiger partial charge in [-0.3, -0.25) is 4.79 Å². The van der Waals surface area contributed by atoms with Crippen molar-refractivity contribution < 1.29 is 31.6 Å². The van der Waals surface area contributed by atoms with Gasteiger partial charge in [-0.1, -0.05) is 55.5 Å². The summed E-state index contributed by atoms with van der Waals surface area (Å²) in [5.41, 5.74) is 1.49. The van der Waals surface area contributed by atoms with Gasteiger partial charge < -0.3 is 18.4 Å². The van der Waals surface area contributed by atoms with Crippen LogP contribution in [0.3, 0.4) is 0 Å². The van der Waals surface area contributed by atoms with Gasteiger partial charge in [0.15, 0.2) is 11.5 Å². The van der Waals surface area contributed by atoms with Gasteiger partial charge in [0.05, 0.1) is 13.2 Å². The molecule has 3 aromatic carbocycles. The zero-order valence-corrected chi connectivity index (χ0v) is 20.0. The van der Waals surface area contributed by atoms with Crippen LogP contribution in [0, 0.1) is 0 Å². The van der Waals surface area contributed by atoms with Gasteiger partial charge in [-0.25, -0.2) is 0 Å². The first-order valence-electron chi connectivity index (χ1n) is 11.0. The summed E-state index contributed by atoms with van der Waals surface area (Å²) in [7, 11) is -3.79. The number of para-hydroxylation sites is 1. The summed E-state index contributed by atoms with van der Waals surface area (Å²) >= 11 is 0. The number of hydrogen-bond acceptors (Lipinski definition) is 7. The van der Waals surface area contributed by atoms with Crippen LogP contribution < -0.4 is 18.4 Å². The van der Waals surface area contributed by atoms with E-state index in [1.54, 1.807) is 67.6 Å². The van der Waals surface area contributed by atoms with E-state index >= 15 is 0 Å². The van der Waals surface area contributed by atoms with Crippen molar-refractivity contribution in [2.24, 2.45) is 0 Å². The molecule has 0 radical (unpaired) electrons. The molecule has 0 N–H and O–H groups in total. The maximum atomic E-state index is 12.4. The molecule has 0 aliphatic carbocycles. The number of esters is 1. The normalized spacial score (nSPS) is 11.0. The van der Waals surface area contributed by atoms with E-state index < -0.39 is 16.1 Å². The average Bonchev–Trinajstić information content (AvgIpc) is 2.81. The molecule has 0 saturated heterocycles. The lowest BCUT2D eigenvalue weighted by Gasteiger charge is -2.15. The Morgan fingerprint density at radius 2 is 1.50 bits per heavy atom. The van der Waals surface area contributed by atoms with Gasteiger partial charge in [0.25, 0.3) is 0 Å². The summed E-state index contributed by atoms with van der Waals surface area (Å²) in [6.07, 6.45) is 0.704. The van der Waals surface area contributed by atoms with Crippen molar-refractivity contribution in [1.29, 1.82) is 0 Å². The highest BCUT2D eigenvalue weighted by molar-refractivity contribution is 7.86. The maximum absolute atomic E-state index is 12.4. The monoisotopic (exact) mass is 484 g/mol. The molecule has 7 nitrogen and oxygen atoms in total. The quantitative estimate of drug-likeness (QED) is 0.205. The second-order valence-electron chi connectivity index (χ2n) is 7.36. The highest BCUT2D eigenvalue weighted by atomic mass is 32.2. The van der Waals surface area contributed by atoms with Gasteiger partial charge >= 0.3 is 16.1 Å². The minimum Gasteiger partial charge on any atom is -0.490 e. The standard InChI is InChI=1S/C26H28O7S/c1-3-25(27)32-26-23(30-4-2)14-9-15-24(26)31-17-16-20-12-8-13-22(18-20)33-34(28,29)19-21-10-6-5-7-11-21/h5-15,18H,3-4,16-17,19H2,1-2H3. The number of hydrogen-bond donors (Lipinski definition) is 0. The van der Waals surface area contributed by atoms with Gasteiger partial charge in [-0.15, -0.1) is 0 Å². The molecule has 8 heteroatoms. The Morgan fingerprint density at radius 1 is 0.824 bits per heavy atom. The van der Waals surface area contributed by atoms with Crippen molar-refractivity contribution in [2.45, 2.75) is 32.4 Å². The predicted octanol–water partition coefficient (Wildman–Crippen LogP) is 4.93. The van der Waals surface area contributed by atoms with Crippen LogP contribution in [0.4, 0.5) is 0 Å². The van der Waals surface area contributed by atoms with Gasteiger partial charge in [0.1, 0.15) is 11.5 Å². The third kappa shape index (κ3) is 7.52. The molecule has 0 saturated carbocycles. The highest BCUT2D eigenvalue weighted by Gasteiger charge is 2.17. The lowest BCUT2D eigenvalue weighted by molar-refractivity contribution is -0.134. The number of benzene rings is 3. The first-order valence-corrected chi connectivity index (χ1v) is 12.6. The molecule has 0 bridgehead atoms. The van der Waals surface area contributed by atoms with Crippen LogP contribution in [0.25, 0.3) is 0 Å². The number of rotatable bonds is 12. The Bertz CT molecular complexity index is 1190. The first-order chi connectivity index (χ1) is 16.4. The van der Waals surface area contributed by atoms with Gasteiger partial charge in [0, 0.05) is 12.8 Å². The van der Waals surface area contributed by atoms with Crippen LogP contribution in [0.1, 0.15) is 31.4 Å². The first kappa shape index (κ1) is 25.1. The number of carbonyl (C=O) groups is 1.